The van der Waals surface area contributed by atoms with Crippen molar-refractivity contribution >= 4 is 17.4 Å². The van der Waals surface area contributed by atoms with Crippen molar-refractivity contribution in [3.63, 3.8) is 0 Å². The first kappa shape index (κ1) is 16.9. The zero-order valence-electron chi connectivity index (χ0n) is 14.1. The molecule has 2 aromatic rings. The number of amides is 1. The maximum Gasteiger partial charge on any atom is 0.271 e. The molecule has 1 aromatic heterocycles. The maximum absolute atomic E-state index is 11.9. The van der Waals surface area contributed by atoms with E-state index in [0.717, 1.165) is 17.8 Å². The minimum atomic E-state index is -0.211. The summed E-state index contributed by atoms with van der Waals surface area (Å²) in [7, 11) is 3.92. The number of carbonyl (C=O) groups excluding carboxylic acids is 1. The van der Waals surface area contributed by atoms with Gasteiger partial charge in [-0.15, -0.1) is 0 Å². The van der Waals surface area contributed by atoms with E-state index in [4.69, 9.17) is 0 Å². The van der Waals surface area contributed by atoms with E-state index in [1.54, 1.807) is 6.20 Å². The Labute approximate surface area is 137 Å². The molecule has 0 aliphatic carbocycles. The van der Waals surface area contributed by atoms with Gasteiger partial charge in [-0.3, -0.25) is 4.79 Å². The van der Waals surface area contributed by atoms with E-state index >= 15 is 0 Å². The van der Waals surface area contributed by atoms with Gasteiger partial charge in [0.2, 0.25) is 0 Å². The second-order valence-corrected chi connectivity index (χ2v) is 5.79. The molecule has 6 heteroatoms. The van der Waals surface area contributed by atoms with E-state index in [1.165, 1.54) is 11.8 Å². The van der Waals surface area contributed by atoms with Crippen molar-refractivity contribution in [2.24, 2.45) is 0 Å². The van der Waals surface area contributed by atoms with E-state index in [-0.39, 0.29) is 5.91 Å². The summed E-state index contributed by atoms with van der Waals surface area (Å²) in [5.74, 6) is 0.402. The summed E-state index contributed by atoms with van der Waals surface area (Å²) in [5, 5.41) is 6.02. The fraction of sp³-hybridized carbons (Fsp3) is 0.353. The molecule has 0 radical (unpaired) electrons. The summed E-state index contributed by atoms with van der Waals surface area (Å²) in [4.78, 5) is 22.4. The predicted octanol–water partition coefficient (Wildman–Crippen LogP) is 2.13. The van der Waals surface area contributed by atoms with Gasteiger partial charge in [-0.2, -0.15) is 0 Å². The Morgan fingerprint density at radius 1 is 1.17 bits per heavy atom. The van der Waals surface area contributed by atoms with Crippen molar-refractivity contribution in [1.82, 2.24) is 20.2 Å². The van der Waals surface area contributed by atoms with Crippen LogP contribution in [0.5, 0.6) is 0 Å². The van der Waals surface area contributed by atoms with Crippen LogP contribution in [0.4, 0.5) is 11.5 Å². The lowest BCUT2D eigenvalue weighted by Gasteiger charge is -2.11. The molecule has 0 unspecified atom stereocenters. The van der Waals surface area contributed by atoms with Gasteiger partial charge in [0.25, 0.3) is 5.91 Å². The third kappa shape index (κ3) is 5.03. The highest BCUT2D eigenvalue weighted by atomic mass is 16.1. The standard InChI is InChI=1S/C17H23N5O/c1-12-5-6-14(13(2)9-12)21-16-11-19-15(10-20-16)17(23)18-7-8-22(3)4/h5-6,9-11H,7-8H2,1-4H3,(H,18,23)(H,20,21). The second-order valence-electron chi connectivity index (χ2n) is 5.79. The number of benzene rings is 1. The van der Waals surface area contributed by atoms with Crippen molar-refractivity contribution in [3.05, 3.63) is 47.4 Å². The quantitative estimate of drug-likeness (QED) is 0.855. The van der Waals surface area contributed by atoms with E-state index in [2.05, 4.69) is 33.6 Å². The Balaban J connectivity index is 1.97. The lowest BCUT2D eigenvalue weighted by Crippen LogP contribution is -2.31. The zero-order valence-corrected chi connectivity index (χ0v) is 14.1. The molecule has 1 heterocycles. The highest BCUT2D eigenvalue weighted by molar-refractivity contribution is 5.92. The average molecular weight is 313 g/mol. The summed E-state index contributed by atoms with van der Waals surface area (Å²) in [6, 6.07) is 6.14. The average Bonchev–Trinajstić information content (AvgIpc) is 2.50. The molecular formula is C17H23N5O. The van der Waals surface area contributed by atoms with Crippen LogP contribution in [0.25, 0.3) is 0 Å². The highest BCUT2D eigenvalue weighted by Gasteiger charge is 2.08. The maximum atomic E-state index is 11.9. The van der Waals surface area contributed by atoms with Crippen molar-refractivity contribution < 1.29 is 4.79 Å². The molecule has 0 spiro atoms. The molecule has 0 fully saturated rings. The lowest BCUT2D eigenvalue weighted by molar-refractivity contribution is 0.0945. The second kappa shape index (κ2) is 7.69. The van der Waals surface area contributed by atoms with Crippen LogP contribution in [-0.2, 0) is 0 Å². The zero-order chi connectivity index (χ0) is 16.8. The van der Waals surface area contributed by atoms with Gasteiger partial charge in [0.05, 0.1) is 12.4 Å². The smallest absolute Gasteiger partial charge is 0.271 e. The summed E-state index contributed by atoms with van der Waals surface area (Å²) >= 11 is 0. The molecule has 1 aromatic carbocycles. The van der Waals surface area contributed by atoms with Gasteiger partial charge in [0.15, 0.2) is 0 Å². The Bertz CT molecular complexity index is 667. The van der Waals surface area contributed by atoms with Crippen LogP contribution in [0.3, 0.4) is 0 Å². The topological polar surface area (TPSA) is 70.2 Å². The first-order valence-electron chi connectivity index (χ1n) is 7.55. The van der Waals surface area contributed by atoms with Crippen LogP contribution in [0.1, 0.15) is 21.6 Å². The number of aromatic nitrogens is 2. The Morgan fingerprint density at radius 2 is 1.96 bits per heavy atom. The molecule has 0 saturated carbocycles. The Hall–Kier alpha value is -2.47. The normalized spacial score (nSPS) is 10.7. The molecule has 6 nitrogen and oxygen atoms in total. The number of anilines is 2. The molecular weight excluding hydrogens is 290 g/mol. The number of nitrogens with one attached hydrogen (secondary N) is 2. The molecule has 0 saturated heterocycles. The number of hydrogen-bond donors (Lipinski definition) is 2. The van der Waals surface area contributed by atoms with Crippen LogP contribution in [0, 0.1) is 13.8 Å². The highest BCUT2D eigenvalue weighted by Crippen LogP contribution is 2.19. The molecule has 122 valence electrons. The van der Waals surface area contributed by atoms with Crippen molar-refractivity contribution in [3.8, 4) is 0 Å². The Morgan fingerprint density at radius 3 is 2.57 bits per heavy atom. The summed E-state index contributed by atoms with van der Waals surface area (Å²) in [6.45, 7) is 5.46. The summed E-state index contributed by atoms with van der Waals surface area (Å²) < 4.78 is 0. The van der Waals surface area contributed by atoms with Gasteiger partial charge in [0.1, 0.15) is 11.5 Å². The minimum Gasteiger partial charge on any atom is -0.349 e. The minimum absolute atomic E-state index is 0.211. The van der Waals surface area contributed by atoms with Gasteiger partial charge >= 0.3 is 0 Å². The number of rotatable bonds is 6. The van der Waals surface area contributed by atoms with Crippen molar-refractivity contribution in [1.29, 1.82) is 0 Å². The van der Waals surface area contributed by atoms with Gasteiger partial charge in [-0.05, 0) is 39.6 Å². The number of aryl methyl sites for hydroxylation is 2. The van der Waals surface area contributed by atoms with Crippen molar-refractivity contribution in [2.45, 2.75) is 13.8 Å². The van der Waals surface area contributed by atoms with Crippen LogP contribution in [0.2, 0.25) is 0 Å². The lowest BCUT2D eigenvalue weighted by atomic mass is 10.1. The SMILES string of the molecule is Cc1ccc(Nc2cnc(C(=O)NCCN(C)C)cn2)c(C)c1. The Kier molecular flexibility index (Phi) is 5.65. The van der Waals surface area contributed by atoms with Crippen LogP contribution >= 0.6 is 0 Å². The summed E-state index contributed by atoms with van der Waals surface area (Å²) in [5.41, 5.74) is 3.64. The van der Waals surface area contributed by atoms with E-state index in [9.17, 15) is 4.79 Å². The molecule has 1 amide bonds. The van der Waals surface area contributed by atoms with Crippen LogP contribution in [0.15, 0.2) is 30.6 Å². The van der Waals surface area contributed by atoms with E-state index in [1.807, 2.05) is 38.1 Å². The van der Waals surface area contributed by atoms with Gasteiger partial charge < -0.3 is 15.5 Å². The van der Waals surface area contributed by atoms with E-state index in [0.29, 0.717) is 18.1 Å². The first-order chi connectivity index (χ1) is 11.0. The van der Waals surface area contributed by atoms with E-state index < -0.39 is 0 Å². The third-order valence-electron chi connectivity index (χ3n) is 3.37. The number of hydrogen-bond acceptors (Lipinski definition) is 5. The number of likely N-dealkylation sites (N-methyl/N-ethyl adjacent to an activating group) is 1. The fourth-order valence-corrected chi connectivity index (χ4v) is 2.09. The monoisotopic (exact) mass is 313 g/mol. The first-order valence-corrected chi connectivity index (χ1v) is 7.55. The molecule has 0 aliphatic heterocycles. The molecule has 23 heavy (non-hydrogen) atoms. The molecule has 0 bridgehead atoms. The van der Waals surface area contributed by atoms with Crippen molar-refractivity contribution in [2.75, 3.05) is 32.5 Å². The predicted molar refractivity (Wildman–Crippen MR) is 92.1 cm³/mol. The largest absolute Gasteiger partial charge is 0.349 e. The van der Waals surface area contributed by atoms with Gasteiger partial charge in [-0.25, -0.2) is 9.97 Å². The molecule has 0 atom stereocenters. The van der Waals surface area contributed by atoms with Gasteiger partial charge in [-0.1, -0.05) is 17.7 Å². The molecule has 2 rings (SSSR count). The molecule has 2 N–H and O–H groups in total. The summed E-state index contributed by atoms with van der Waals surface area (Å²) in [6.07, 6.45) is 3.05. The van der Waals surface area contributed by atoms with Crippen LogP contribution in [-0.4, -0.2) is 48.0 Å². The van der Waals surface area contributed by atoms with Crippen LogP contribution < -0.4 is 10.6 Å². The van der Waals surface area contributed by atoms with Gasteiger partial charge in [0, 0.05) is 18.8 Å². The fourth-order valence-electron chi connectivity index (χ4n) is 2.09. The molecule has 0 aliphatic rings. The number of carbonyl (C=O) groups is 1. The third-order valence-corrected chi connectivity index (χ3v) is 3.37. The number of nitrogens with zero attached hydrogens (tertiary/aromatic N) is 3.